The molecular formula is C12H17NO4S. The lowest BCUT2D eigenvalue weighted by molar-refractivity contribution is 0.0698. The quantitative estimate of drug-likeness (QED) is 0.830. The molecule has 1 rings (SSSR count). The molecule has 0 radical (unpaired) electrons. The Balaban J connectivity index is 2.87. The lowest BCUT2D eigenvalue weighted by Gasteiger charge is -2.11. The molecule has 0 spiro atoms. The van der Waals surface area contributed by atoms with Crippen LogP contribution in [-0.2, 0) is 10.0 Å². The van der Waals surface area contributed by atoms with Crippen molar-refractivity contribution in [3.8, 4) is 0 Å². The van der Waals surface area contributed by atoms with E-state index in [1.54, 1.807) is 12.1 Å². The molecule has 0 bridgehead atoms. The van der Waals surface area contributed by atoms with Gasteiger partial charge in [0.2, 0.25) is 10.0 Å². The van der Waals surface area contributed by atoms with Crippen molar-refractivity contribution in [2.45, 2.75) is 20.3 Å². The van der Waals surface area contributed by atoms with E-state index in [2.05, 4.69) is 4.72 Å². The Morgan fingerprint density at radius 1 is 1.33 bits per heavy atom. The summed E-state index contributed by atoms with van der Waals surface area (Å²) in [5.74, 6) is -0.896. The van der Waals surface area contributed by atoms with Crippen LogP contribution in [0.4, 0.5) is 5.69 Å². The Labute approximate surface area is 107 Å². The molecule has 0 amide bonds. The molecule has 0 fully saturated rings. The molecule has 100 valence electrons. The molecule has 1 aromatic rings. The van der Waals surface area contributed by atoms with Crippen LogP contribution < -0.4 is 4.72 Å². The average Bonchev–Trinajstić information content (AvgIpc) is 2.26. The molecule has 0 atom stereocenters. The van der Waals surface area contributed by atoms with Crippen LogP contribution in [0.5, 0.6) is 0 Å². The summed E-state index contributed by atoms with van der Waals surface area (Å²) in [6.07, 6.45) is 0.532. The largest absolute Gasteiger partial charge is 0.478 e. The van der Waals surface area contributed by atoms with E-state index < -0.39 is 16.0 Å². The highest BCUT2D eigenvalue weighted by atomic mass is 32.2. The van der Waals surface area contributed by atoms with Gasteiger partial charge >= 0.3 is 5.97 Å². The number of para-hydroxylation sites is 1. The van der Waals surface area contributed by atoms with Crippen molar-refractivity contribution in [1.82, 2.24) is 0 Å². The van der Waals surface area contributed by atoms with Crippen molar-refractivity contribution in [3.05, 3.63) is 29.8 Å². The fraction of sp³-hybridized carbons (Fsp3) is 0.417. The number of carbonyl (C=O) groups is 1. The van der Waals surface area contributed by atoms with Crippen LogP contribution in [0.2, 0.25) is 0 Å². The molecule has 5 nitrogen and oxygen atoms in total. The number of benzene rings is 1. The lowest BCUT2D eigenvalue weighted by atomic mass is 10.2. The third-order valence-corrected chi connectivity index (χ3v) is 3.69. The van der Waals surface area contributed by atoms with Crippen LogP contribution >= 0.6 is 0 Å². The van der Waals surface area contributed by atoms with Gasteiger partial charge in [0.25, 0.3) is 0 Å². The minimum Gasteiger partial charge on any atom is -0.478 e. The smallest absolute Gasteiger partial charge is 0.337 e. The molecule has 0 saturated carbocycles. The summed E-state index contributed by atoms with van der Waals surface area (Å²) in [7, 11) is -3.50. The van der Waals surface area contributed by atoms with E-state index >= 15 is 0 Å². The number of sulfonamides is 1. The second-order valence-electron chi connectivity index (χ2n) is 4.45. The fourth-order valence-corrected chi connectivity index (χ4v) is 2.76. The van der Waals surface area contributed by atoms with E-state index in [4.69, 9.17) is 5.11 Å². The Hall–Kier alpha value is -1.56. The molecule has 0 aliphatic rings. The number of hydrogen-bond acceptors (Lipinski definition) is 3. The summed E-state index contributed by atoms with van der Waals surface area (Å²) >= 11 is 0. The van der Waals surface area contributed by atoms with Gasteiger partial charge in [-0.05, 0) is 24.5 Å². The third-order valence-electron chi connectivity index (χ3n) is 2.39. The van der Waals surface area contributed by atoms with Crippen LogP contribution in [0, 0.1) is 5.92 Å². The van der Waals surface area contributed by atoms with E-state index in [9.17, 15) is 13.2 Å². The monoisotopic (exact) mass is 271 g/mol. The van der Waals surface area contributed by atoms with Crippen molar-refractivity contribution in [2.24, 2.45) is 5.92 Å². The van der Waals surface area contributed by atoms with Crippen molar-refractivity contribution in [3.63, 3.8) is 0 Å². The van der Waals surface area contributed by atoms with E-state index in [-0.39, 0.29) is 22.9 Å². The zero-order valence-corrected chi connectivity index (χ0v) is 11.2. The van der Waals surface area contributed by atoms with Crippen molar-refractivity contribution in [1.29, 1.82) is 0 Å². The molecule has 0 aliphatic heterocycles. The first-order valence-electron chi connectivity index (χ1n) is 5.64. The molecule has 0 aliphatic carbocycles. The number of rotatable bonds is 6. The number of carboxylic acids is 1. The Morgan fingerprint density at radius 3 is 2.50 bits per heavy atom. The second-order valence-corrected chi connectivity index (χ2v) is 6.30. The molecule has 0 heterocycles. The maximum atomic E-state index is 11.8. The van der Waals surface area contributed by atoms with E-state index in [0.29, 0.717) is 6.42 Å². The first kappa shape index (κ1) is 14.5. The van der Waals surface area contributed by atoms with Gasteiger partial charge in [0, 0.05) is 0 Å². The van der Waals surface area contributed by atoms with Gasteiger partial charge in [-0.2, -0.15) is 0 Å². The summed E-state index contributed by atoms with van der Waals surface area (Å²) in [6, 6.07) is 5.95. The van der Waals surface area contributed by atoms with Crippen LogP contribution in [0.25, 0.3) is 0 Å². The number of nitrogens with one attached hydrogen (secondary N) is 1. The topological polar surface area (TPSA) is 83.5 Å². The minimum atomic E-state index is -3.50. The van der Waals surface area contributed by atoms with E-state index in [0.717, 1.165) is 0 Å². The number of aromatic carboxylic acids is 1. The van der Waals surface area contributed by atoms with Crippen LogP contribution in [-0.4, -0.2) is 25.2 Å². The number of anilines is 1. The summed E-state index contributed by atoms with van der Waals surface area (Å²) < 4.78 is 25.9. The second kappa shape index (κ2) is 5.86. The van der Waals surface area contributed by atoms with Gasteiger partial charge in [0.05, 0.1) is 17.0 Å². The lowest BCUT2D eigenvalue weighted by Crippen LogP contribution is -2.19. The normalized spacial score (nSPS) is 11.5. The number of hydrogen-bond donors (Lipinski definition) is 2. The first-order chi connectivity index (χ1) is 8.32. The molecule has 0 unspecified atom stereocenters. The molecule has 1 aromatic carbocycles. The molecule has 18 heavy (non-hydrogen) atoms. The summed E-state index contributed by atoms with van der Waals surface area (Å²) in [5, 5.41) is 8.95. The molecule has 6 heteroatoms. The molecular weight excluding hydrogens is 254 g/mol. The van der Waals surface area contributed by atoms with Gasteiger partial charge in [-0.25, -0.2) is 13.2 Å². The predicted octanol–water partition coefficient (Wildman–Crippen LogP) is 2.17. The maximum absolute atomic E-state index is 11.8. The van der Waals surface area contributed by atoms with Gasteiger partial charge < -0.3 is 5.11 Å². The SMILES string of the molecule is CC(C)CCS(=O)(=O)Nc1ccccc1C(=O)O. The zero-order valence-electron chi connectivity index (χ0n) is 10.4. The third kappa shape index (κ3) is 4.37. The van der Waals surface area contributed by atoms with Crippen LogP contribution in [0.15, 0.2) is 24.3 Å². The van der Waals surface area contributed by atoms with Gasteiger partial charge in [-0.15, -0.1) is 0 Å². The Bertz CT molecular complexity index is 523. The summed E-state index contributed by atoms with van der Waals surface area (Å²) in [4.78, 5) is 10.9. The van der Waals surface area contributed by atoms with E-state index in [1.807, 2.05) is 13.8 Å². The number of carboxylic acid groups (broad SMARTS) is 1. The molecule has 0 saturated heterocycles. The van der Waals surface area contributed by atoms with Crippen LogP contribution in [0.3, 0.4) is 0 Å². The molecule has 2 N–H and O–H groups in total. The fourth-order valence-electron chi connectivity index (χ4n) is 1.37. The minimum absolute atomic E-state index is 0.0153. The van der Waals surface area contributed by atoms with Gasteiger partial charge in [0.1, 0.15) is 0 Å². The van der Waals surface area contributed by atoms with E-state index in [1.165, 1.54) is 12.1 Å². The summed E-state index contributed by atoms with van der Waals surface area (Å²) in [6.45, 7) is 3.86. The standard InChI is InChI=1S/C12H17NO4S/c1-9(2)7-8-18(16,17)13-11-6-4-3-5-10(11)12(14)15/h3-6,9,13H,7-8H2,1-2H3,(H,14,15). The first-order valence-corrected chi connectivity index (χ1v) is 7.30. The van der Waals surface area contributed by atoms with Crippen molar-refractivity contribution < 1.29 is 18.3 Å². The van der Waals surface area contributed by atoms with Crippen molar-refractivity contribution >= 4 is 21.7 Å². The van der Waals surface area contributed by atoms with Gasteiger partial charge in [0.15, 0.2) is 0 Å². The predicted molar refractivity (Wildman–Crippen MR) is 70.3 cm³/mol. The van der Waals surface area contributed by atoms with Gasteiger partial charge in [-0.1, -0.05) is 26.0 Å². The summed E-state index contributed by atoms with van der Waals surface area (Å²) in [5.41, 5.74) is 0.0550. The van der Waals surface area contributed by atoms with Gasteiger partial charge in [-0.3, -0.25) is 4.72 Å². The maximum Gasteiger partial charge on any atom is 0.337 e. The van der Waals surface area contributed by atoms with Crippen LogP contribution in [0.1, 0.15) is 30.6 Å². The van der Waals surface area contributed by atoms with Crippen molar-refractivity contribution in [2.75, 3.05) is 10.5 Å². The zero-order chi connectivity index (χ0) is 13.8. The Kier molecular flexibility index (Phi) is 4.72. The highest BCUT2D eigenvalue weighted by Gasteiger charge is 2.16. The average molecular weight is 271 g/mol. The molecule has 0 aromatic heterocycles. The highest BCUT2D eigenvalue weighted by molar-refractivity contribution is 7.92. The highest BCUT2D eigenvalue weighted by Crippen LogP contribution is 2.17. The Morgan fingerprint density at radius 2 is 1.94 bits per heavy atom.